The summed E-state index contributed by atoms with van der Waals surface area (Å²) in [7, 11) is 1.76. The van der Waals surface area contributed by atoms with Crippen LogP contribution in [-0.4, -0.2) is 31.8 Å². The highest BCUT2D eigenvalue weighted by atomic mass is 16.5. The molecule has 0 spiro atoms. The van der Waals surface area contributed by atoms with Crippen LogP contribution in [0.1, 0.15) is 25.8 Å². The van der Waals surface area contributed by atoms with E-state index in [2.05, 4.69) is 43.0 Å². The standard InChI is InChI=1S/C15H24N2O/c1-12(18-3)15(2,11-16)17-10-6-8-13-7-4-5-9-14(13)17/h4-5,7,9,12H,6,8,10-11,16H2,1-3H3. The molecule has 1 aliphatic rings. The molecule has 1 aromatic carbocycles. The first kappa shape index (κ1) is 13.4. The van der Waals surface area contributed by atoms with Gasteiger partial charge in [-0.05, 0) is 38.3 Å². The van der Waals surface area contributed by atoms with Crippen molar-refractivity contribution in [2.24, 2.45) is 5.73 Å². The summed E-state index contributed by atoms with van der Waals surface area (Å²) in [5.41, 5.74) is 8.65. The Morgan fingerprint density at radius 3 is 2.83 bits per heavy atom. The van der Waals surface area contributed by atoms with E-state index < -0.39 is 0 Å². The van der Waals surface area contributed by atoms with E-state index in [1.807, 2.05) is 0 Å². The van der Waals surface area contributed by atoms with Gasteiger partial charge in [-0.3, -0.25) is 0 Å². The molecule has 0 aliphatic carbocycles. The topological polar surface area (TPSA) is 38.5 Å². The number of rotatable bonds is 4. The van der Waals surface area contributed by atoms with Gasteiger partial charge in [0.1, 0.15) is 0 Å². The van der Waals surface area contributed by atoms with Gasteiger partial charge >= 0.3 is 0 Å². The van der Waals surface area contributed by atoms with E-state index in [1.165, 1.54) is 17.7 Å². The number of fused-ring (bicyclic) bond motifs is 1. The molecule has 3 nitrogen and oxygen atoms in total. The lowest BCUT2D eigenvalue weighted by atomic mass is 9.89. The van der Waals surface area contributed by atoms with Crippen molar-refractivity contribution < 1.29 is 4.74 Å². The molecule has 0 saturated carbocycles. The molecule has 2 unspecified atom stereocenters. The van der Waals surface area contributed by atoms with E-state index in [0.717, 1.165) is 13.0 Å². The lowest BCUT2D eigenvalue weighted by Crippen LogP contribution is -2.60. The normalized spacial score (nSPS) is 20.1. The van der Waals surface area contributed by atoms with Crippen molar-refractivity contribution in [3.05, 3.63) is 29.8 Å². The Kier molecular flexibility index (Phi) is 3.93. The van der Waals surface area contributed by atoms with E-state index >= 15 is 0 Å². The number of para-hydroxylation sites is 1. The molecule has 1 aromatic rings. The van der Waals surface area contributed by atoms with E-state index in [9.17, 15) is 0 Å². The van der Waals surface area contributed by atoms with Crippen LogP contribution in [0, 0.1) is 0 Å². The molecule has 0 bridgehead atoms. The fraction of sp³-hybridized carbons (Fsp3) is 0.600. The lowest BCUT2D eigenvalue weighted by molar-refractivity contribution is 0.0551. The Balaban J connectivity index is 2.39. The number of methoxy groups -OCH3 is 1. The van der Waals surface area contributed by atoms with Gasteiger partial charge in [-0.2, -0.15) is 0 Å². The van der Waals surface area contributed by atoms with E-state index in [4.69, 9.17) is 10.5 Å². The summed E-state index contributed by atoms with van der Waals surface area (Å²) in [4.78, 5) is 2.43. The van der Waals surface area contributed by atoms with E-state index in [1.54, 1.807) is 7.11 Å². The zero-order valence-corrected chi connectivity index (χ0v) is 11.6. The third kappa shape index (κ3) is 2.13. The highest BCUT2D eigenvalue weighted by Crippen LogP contribution is 2.34. The largest absolute Gasteiger partial charge is 0.379 e. The summed E-state index contributed by atoms with van der Waals surface area (Å²) in [6.45, 7) is 5.95. The van der Waals surface area contributed by atoms with E-state index in [0.29, 0.717) is 6.54 Å². The molecular weight excluding hydrogens is 224 g/mol. The Hall–Kier alpha value is -1.06. The molecule has 2 atom stereocenters. The van der Waals surface area contributed by atoms with Crippen LogP contribution in [0.5, 0.6) is 0 Å². The van der Waals surface area contributed by atoms with Crippen LogP contribution < -0.4 is 10.6 Å². The van der Waals surface area contributed by atoms with Gasteiger partial charge in [-0.1, -0.05) is 18.2 Å². The fourth-order valence-corrected chi connectivity index (χ4v) is 2.81. The van der Waals surface area contributed by atoms with Gasteiger partial charge in [-0.25, -0.2) is 0 Å². The Morgan fingerprint density at radius 1 is 1.44 bits per heavy atom. The maximum absolute atomic E-state index is 6.05. The van der Waals surface area contributed by atoms with Crippen molar-refractivity contribution >= 4 is 5.69 Å². The molecule has 0 radical (unpaired) electrons. The summed E-state index contributed by atoms with van der Waals surface area (Å²) < 4.78 is 5.55. The maximum atomic E-state index is 6.05. The summed E-state index contributed by atoms with van der Waals surface area (Å²) in [5.74, 6) is 0. The molecule has 3 heteroatoms. The Bertz CT molecular complexity index is 407. The molecule has 0 fully saturated rings. The van der Waals surface area contributed by atoms with Crippen molar-refractivity contribution in [2.45, 2.75) is 38.3 Å². The van der Waals surface area contributed by atoms with Gasteiger partial charge in [0, 0.05) is 25.9 Å². The molecule has 1 aliphatic heterocycles. The minimum Gasteiger partial charge on any atom is -0.379 e. The predicted molar refractivity (Wildman–Crippen MR) is 76.0 cm³/mol. The van der Waals surface area contributed by atoms with Crippen LogP contribution in [0.15, 0.2) is 24.3 Å². The van der Waals surface area contributed by atoms with E-state index in [-0.39, 0.29) is 11.6 Å². The van der Waals surface area contributed by atoms with Crippen molar-refractivity contribution in [2.75, 3.05) is 25.1 Å². The van der Waals surface area contributed by atoms with Crippen molar-refractivity contribution in [1.82, 2.24) is 0 Å². The zero-order chi connectivity index (χ0) is 13.2. The highest BCUT2D eigenvalue weighted by Gasteiger charge is 2.38. The van der Waals surface area contributed by atoms with Gasteiger partial charge in [0.05, 0.1) is 11.6 Å². The average molecular weight is 248 g/mol. The second kappa shape index (κ2) is 5.29. The summed E-state index contributed by atoms with van der Waals surface area (Å²) in [5, 5.41) is 0. The number of benzene rings is 1. The second-order valence-electron chi connectivity index (χ2n) is 5.32. The van der Waals surface area contributed by atoms with Crippen LogP contribution in [-0.2, 0) is 11.2 Å². The highest BCUT2D eigenvalue weighted by molar-refractivity contribution is 5.57. The van der Waals surface area contributed by atoms with Gasteiger partial charge in [0.25, 0.3) is 0 Å². The van der Waals surface area contributed by atoms with Gasteiger partial charge in [0.15, 0.2) is 0 Å². The first-order valence-corrected chi connectivity index (χ1v) is 6.72. The first-order chi connectivity index (χ1) is 8.63. The smallest absolute Gasteiger partial charge is 0.0784 e. The second-order valence-corrected chi connectivity index (χ2v) is 5.32. The average Bonchev–Trinajstić information content (AvgIpc) is 2.45. The number of aryl methyl sites for hydroxylation is 1. The van der Waals surface area contributed by atoms with Gasteiger partial charge in [-0.15, -0.1) is 0 Å². The monoisotopic (exact) mass is 248 g/mol. The fourth-order valence-electron chi connectivity index (χ4n) is 2.81. The van der Waals surface area contributed by atoms with Gasteiger partial charge in [0.2, 0.25) is 0 Å². The lowest BCUT2D eigenvalue weighted by Gasteiger charge is -2.48. The van der Waals surface area contributed by atoms with Crippen LogP contribution in [0.2, 0.25) is 0 Å². The quantitative estimate of drug-likeness (QED) is 0.887. The minimum absolute atomic E-state index is 0.105. The van der Waals surface area contributed by atoms with Crippen LogP contribution >= 0.6 is 0 Å². The molecule has 0 saturated heterocycles. The third-order valence-corrected chi connectivity index (χ3v) is 4.37. The number of hydrogen-bond acceptors (Lipinski definition) is 3. The minimum atomic E-state index is -0.148. The molecule has 0 amide bonds. The van der Waals surface area contributed by atoms with Crippen LogP contribution in [0.4, 0.5) is 5.69 Å². The predicted octanol–water partition coefficient (Wildman–Crippen LogP) is 2.19. The van der Waals surface area contributed by atoms with Crippen LogP contribution in [0.25, 0.3) is 0 Å². The summed E-state index contributed by atoms with van der Waals surface area (Å²) in [6.07, 6.45) is 2.45. The number of nitrogens with two attached hydrogens (primary N) is 1. The number of nitrogens with zero attached hydrogens (tertiary/aromatic N) is 1. The molecular formula is C15H24N2O. The molecule has 1 heterocycles. The maximum Gasteiger partial charge on any atom is 0.0784 e. The summed E-state index contributed by atoms with van der Waals surface area (Å²) in [6, 6.07) is 8.63. The Morgan fingerprint density at radius 2 is 2.17 bits per heavy atom. The number of ether oxygens (including phenoxy) is 1. The van der Waals surface area contributed by atoms with Crippen molar-refractivity contribution in [3.63, 3.8) is 0 Å². The van der Waals surface area contributed by atoms with Crippen molar-refractivity contribution in [1.29, 1.82) is 0 Å². The van der Waals surface area contributed by atoms with Gasteiger partial charge < -0.3 is 15.4 Å². The molecule has 100 valence electrons. The van der Waals surface area contributed by atoms with Crippen molar-refractivity contribution in [3.8, 4) is 0 Å². The SMILES string of the molecule is COC(C)C(C)(CN)N1CCCc2ccccc21. The molecule has 2 rings (SSSR count). The molecule has 18 heavy (non-hydrogen) atoms. The third-order valence-electron chi connectivity index (χ3n) is 4.37. The summed E-state index contributed by atoms with van der Waals surface area (Å²) >= 11 is 0. The first-order valence-electron chi connectivity index (χ1n) is 6.72. The Labute approximate surface area is 110 Å². The number of anilines is 1. The zero-order valence-electron chi connectivity index (χ0n) is 11.6. The molecule has 0 aromatic heterocycles. The molecule has 2 N–H and O–H groups in total. The van der Waals surface area contributed by atoms with Crippen LogP contribution in [0.3, 0.4) is 0 Å². The number of hydrogen-bond donors (Lipinski definition) is 1.